The Bertz CT molecular complexity index is 377. The Morgan fingerprint density at radius 2 is 1.93 bits per heavy atom. The van der Waals surface area contributed by atoms with Crippen LogP contribution in [0.1, 0.15) is 18.4 Å². The van der Waals surface area contributed by atoms with Crippen molar-refractivity contribution in [2.24, 2.45) is 0 Å². The number of rotatable bonds is 4. The molecule has 0 aliphatic carbocycles. The first-order valence-corrected chi connectivity index (χ1v) is 4.39. The van der Waals surface area contributed by atoms with Crippen molar-refractivity contribution in [1.29, 1.82) is 0 Å². The largest absolute Gasteiger partial charge is 0.505 e. The predicted octanol–water partition coefficient (Wildman–Crippen LogP) is 2.08. The summed E-state index contributed by atoms with van der Waals surface area (Å²) >= 11 is 0. The van der Waals surface area contributed by atoms with Gasteiger partial charge in [0.1, 0.15) is 5.82 Å². The van der Waals surface area contributed by atoms with Crippen molar-refractivity contribution in [2.45, 2.75) is 19.3 Å². The molecule has 0 heterocycles. The summed E-state index contributed by atoms with van der Waals surface area (Å²) < 4.78 is 25.9. The smallest absolute Gasteiger partial charge is 0.303 e. The fraction of sp³-hybridized carbons (Fsp3) is 0.300. The van der Waals surface area contributed by atoms with E-state index in [-0.39, 0.29) is 24.8 Å². The minimum atomic E-state index is -0.977. The van der Waals surface area contributed by atoms with Gasteiger partial charge in [-0.2, -0.15) is 0 Å². The highest BCUT2D eigenvalue weighted by atomic mass is 19.1. The molecule has 3 nitrogen and oxygen atoms in total. The van der Waals surface area contributed by atoms with Gasteiger partial charge in [-0.25, -0.2) is 8.78 Å². The van der Waals surface area contributed by atoms with Crippen LogP contribution < -0.4 is 0 Å². The quantitative estimate of drug-likeness (QED) is 0.810. The molecule has 0 spiro atoms. The van der Waals surface area contributed by atoms with E-state index in [9.17, 15) is 13.6 Å². The number of aliphatic carboxylic acids is 1. The second-order valence-corrected chi connectivity index (χ2v) is 3.14. The number of benzene rings is 1. The Labute approximate surface area is 85.0 Å². The maximum absolute atomic E-state index is 13.1. The van der Waals surface area contributed by atoms with Gasteiger partial charge in [-0.1, -0.05) is 0 Å². The third-order valence-corrected chi connectivity index (χ3v) is 1.95. The molecule has 0 aliphatic heterocycles. The molecule has 1 aromatic rings. The minimum Gasteiger partial charge on any atom is -0.505 e. The van der Waals surface area contributed by atoms with Crippen molar-refractivity contribution in [2.75, 3.05) is 0 Å². The molecule has 0 fully saturated rings. The van der Waals surface area contributed by atoms with E-state index in [1.165, 1.54) is 0 Å². The molecule has 1 rings (SSSR count). The monoisotopic (exact) mass is 216 g/mol. The molecule has 0 atom stereocenters. The average Bonchev–Trinajstić information content (AvgIpc) is 2.13. The maximum atomic E-state index is 13.1. The number of carboxylic acids is 1. The number of carboxylic acid groups (broad SMARTS) is 1. The second kappa shape index (κ2) is 4.72. The third-order valence-electron chi connectivity index (χ3n) is 1.95. The molecule has 82 valence electrons. The van der Waals surface area contributed by atoms with Crippen molar-refractivity contribution in [3.8, 4) is 5.75 Å². The summed E-state index contributed by atoms with van der Waals surface area (Å²) in [6.07, 6.45) is 0.272. The highest BCUT2D eigenvalue weighted by Gasteiger charge is 2.09. The van der Waals surface area contributed by atoms with Gasteiger partial charge in [-0.05, 0) is 24.5 Å². The van der Waals surface area contributed by atoms with Crippen LogP contribution in [0.3, 0.4) is 0 Å². The zero-order valence-corrected chi connectivity index (χ0v) is 7.83. The number of phenolic OH excluding ortho intramolecular Hbond substituents is 1. The summed E-state index contributed by atoms with van der Waals surface area (Å²) in [4.78, 5) is 10.2. The first-order valence-electron chi connectivity index (χ1n) is 4.39. The lowest BCUT2D eigenvalue weighted by Crippen LogP contribution is -1.98. The van der Waals surface area contributed by atoms with E-state index in [4.69, 9.17) is 10.2 Å². The second-order valence-electron chi connectivity index (χ2n) is 3.14. The molecule has 0 amide bonds. The van der Waals surface area contributed by atoms with Gasteiger partial charge < -0.3 is 10.2 Å². The lowest BCUT2D eigenvalue weighted by atomic mass is 10.1. The fourth-order valence-electron chi connectivity index (χ4n) is 1.20. The van der Waals surface area contributed by atoms with Crippen LogP contribution in [0.2, 0.25) is 0 Å². The summed E-state index contributed by atoms with van der Waals surface area (Å²) in [7, 11) is 0. The summed E-state index contributed by atoms with van der Waals surface area (Å²) in [5.74, 6) is -3.34. The van der Waals surface area contributed by atoms with Gasteiger partial charge in [0.25, 0.3) is 0 Å². The molecular formula is C10H10F2O3. The lowest BCUT2D eigenvalue weighted by Gasteiger charge is -2.03. The van der Waals surface area contributed by atoms with Gasteiger partial charge in [0.2, 0.25) is 0 Å². The molecule has 5 heteroatoms. The summed E-state index contributed by atoms with van der Waals surface area (Å²) in [5, 5.41) is 17.2. The predicted molar refractivity (Wildman–Crippen MR) is 48.6 cm³/mol. The van der Waals surface area contributed by atoms with Crippen LogP contribution in [0.25, 0.3) is 0 Å². The van der Waals surface area contributed by atoms with Crippen molar-refractivity contribution in [3.05, 3.63) is 29.3 Å². The van der Waals surface area contributed by atoms with Crippen LogP contribution in [0, 0.1) is 11.6 Å². The number of phenols is 1. The van der Waals surface area contributed by atoms with Gasteiger partial charge in [-0.3, -0.25) is 4.79 Å². The van der Waals surface area contributed by atoms with Gasteiger partial charge >= 0.3 is 5.97 Å². The van der Waals surface area contributed by atoms with Crippen LogP contribution in [0.5, 0.6) is 5.75 Å². The third kappa shape index (κ3) is 3.19. The van der Waals surface area contributed by atoms with Crippen molar-refractivity contribution < 1.29 is 23.8 Å². The molecule has 0 saturated carbocycles. The van der Waals surface area contributed by atoms with Crippen molar-refractivity contribution in [1.82, 2.24) is 0 Å². The Morgan fingerprint density at radius 1 is 1.27 bits per heavy atom. The molecule has 15 heavy (non-hydrogen) atoms. The summed E-state index contributed by atoms with van der Waals surface area (Å²) in [6, 6.07) is 1.57. The van der Waals surface area contributed by atoms with Crippen LogP contribution in [0.4, 0.5) is 8.78 Å². The van der Waals surface area contributed by atoms with E-state index in [1.54, 1.807) is 0 Å². The first-order chi connectivity index (χ1) is 7.00. The van der Waals surface area contributed by atoms with Crippen LogP contribution in [-0.4, -0.2) is 16.2 Å². The molecule has 0 saturated heterocycles. The molecule has 1 aromatic carbocycles. The molecule has 0 radical (unpaired) electrons. The first kappa shape index (κ1) is 11.4. The molecule has 0 unspecified atom stereocenters. The van der Waals surface area contributed by atoms with Crippen LogP contribution in [0.15, 0.2) is 12.1 Å². The zero-order valence-electron chi connectivity index (χ0n) is 7.83. The van der Waals surface area contributed by atoms with E-state index in [1.807, 2.05) is 0 Å². The normalized spacial score (nSPS) is 10.3. The van der Waals surface area contributed by atoms with E-state index < -0.39 is 23.4 Å². The van der Waals surface area contributed by atoms with Gasteiger partial charge in [-0.15, -0.1) is 0 Å². The molecule has 0 bridgehead atoms. The Balaban J connectivity index is 2.69. The maximum Gasteiger partial charge on any atom is 0.303 e. The fourth-order valence-corrected chi connectivity index (χ4v) is 1.20. The molecule has 0 aliphatic rings. The Hall–Kier alpha value is -1.65. The number of aromatic hydroxyl groups is 1. The number of hydrogen-bond acceptors (Lipinski definition) is 2. The van der Waals surface area contributed by atoms with E-state index in [0.29, 0.717) is 6.07 Å². The average molecular weight is 216 g/mol. The number of carbonyl (C=O) groups is 1. The molecule has 0 aromatic heterocycles. The number of hydrogen-bond donors (Lipinski definition) is 2. The van der Waals surface area contributed by atoms with Gasteiger partial charge in [0.15, 0.2) is 11.6 Å². The lowest BCUT2D eigenvalue weighted by molar-refractivity contribution is -0.137. The number of halogens is 2. The highest BCUT2D eigenvalue weighted by molar-refractivity contribution is 5.66. The molecule has 2 N–H and O–H groups in total. The summed E-state index contributed by atoms with van der Waals surface area (Å²) in [6.45, 7) is 0. The van der Waals surface area contributed by atoms with Gasteiger partial charge in [0.05, 0.1) is 0 Å². The Morgan fingerprint density at radius 3 is 2.53 bits per heavy atom. The molecular weight excluding hydrogens is 206 g/mol. The van der Waals surface area contributed by atoms with Crippen LogP contribution in [-0.2, 0) is 11.2 Å². The topological polar surface area (TPSA) is 57.5 Å². The van der Waals surface area contributed by atoms with E-state index in [0.717, 1.165) is 6.07 Å². The highest BCUT2D eigenvalue weighted by Crippen LogP contribution is 2.21. The number of aryl methyl sites for hydroxylation is 1. The van der Waals surface area contributed by atoms with Crippen LogP contribution >= 0.6 is 0 Å². The SMILES string of the molecule is O=C(O)CCCc1cc(F)c(O)cc1F. The minimum absolute atomic E-state index is 0.0755. The van der Waals surface area contributed by atoms with Crippen molar-refractivity contribution in [3.63, 3.8) is 0 Å². The van der Waals surface area contributed by atoms with Crippen molar-refractivity contribution >= 4 is 5.97 Å². The summed E-state index contributed by atoms with van der Waals surface area (Å²) in [5.41, 5.74) is 0.0755. The zero-order chi connectivity index (χ0) is 11.4. The van der Waals surface area contributed by atoms with Gasteiger partial charge in [0, 0.05) is 12.5 Å². The van der Waals surface area contributed by atoms with E-state index >= 15 is 0 Å². The Kier molecular flexibility index (Phi) is 3.60. The van der Waals surface area contributed by atoms with E-state index in [2.05, 4.69) is 0 Å². The standard InChI is InChI=1S/C10H10F2O3/c11-7-5-9(13)8(12)4-6(7)2-1-3-10(14)15/h4-5,13H,1-3H2,(H,14,15).